The molecule has 32 heavy (non-hydrogen) atoms. The van der Waals surface area contributed by atoms with Crippen LogP contribution in [0.5, 0.6) is 5.75 Å². The molecule has 7 heteroatoms. The molecule has 0 spiro atoms. The molecule has 7 nitrogen and oxygen atoms in total. The van der Waals surface area contributed by atoms with Crippen LogP contribution in [0.15, 0.2) is 84.7 Å². The van der Waals surface area contributed by atoms with Crippen LogP contribution in [0, 0.1) is 0 Å². The van der Waals surface area contributed by atoms with Crippen LogP contribution in [-0.2, 0) is 0 Å². The second kappa shape index (κ2) is 11.4. The van der Waals surface area contributed by atoms with Crippen molar-refractivity contribution >= 4 is 28.7 Å². The van der Waals surface area contributed by atoms with Crippen LogP contribution in [0.25, 0.3) is 0 Å². The summed E-state index contributed by atoms with van der Waals surface area (Å²) in [5, 5.41) is 18.3. The molecule has 3 aromatic rings. The standard InChI is InChI=1S/C25H28N4O3/c1-32-24-9-2-5-18(15-24)25(31)29-21-12-10-20(11-13-21)28-23-8-3-7-22(16-23)27-17-19(26)6-4-14-30/h2-3,5,7-13,15-17,27-28,30H,4,6,14,26H2,1H3,(H,29,31)/b19-17-. The van der Waals surface area contributed by atoms with Crippen molar-refractivity contribution in [2.24, 2.45) is 5.73 Å². The van der Waals surface area contributed by atoms with Gasteiger partial charge in [0.15, 0.2) is 0 Å². The minimum atomic E-state index is -0.199. The average molecular weight is 433 g/mol. The first-order valence-electron chi connectivity index (χ1n) is 10.3. The van der Waals surface area contributed by atoms with Crippen LogP contribution in [0.4, 0.5) is 22.7 Å². The van der Waals surface area contributed by atoms with Crippen molar-refractivity contribution in [3.63, 3.8) is 0 Å². The predicted octanol–water partition coefficient (Wildman–Crippen LogP) is 4.68. The molecule has 3 aromatic carbocycles. The Labute approximate surface area is 187 Å². The maximum Gasteiger partial charge on any atom is 0.255 e. The third-order valence-corrected chi connectivity index (χ3v) is 4.67. The Bertz CT molecular complexity index is 1060. The van der Waals surface area contributed by atoms with Gasteiger partial charge >= 0.3 is 0 Å². The first-order chi connectivity index (χ1) is 15.6. The van der Waals surface area contributed by atoms with Crippen LogP contribution < -0.4 is 26.4 Å². The van der Waals surface area contributed by atoms with Crippen molar-refractivity contribution in [2.75, 3.05) is 29.7 Å². The molecule has 0 aromatic heterocycles. The van der Waals surface area contributed by atoms with Crippen molar-refractivity contribution in [3.8, 4) is 5.75 Å². The molecule has 6 N–H and O–H groups in total. The summed E-state index contributed by atoms with van der Waals surface area (Å²) in [6.45, 7) is 0.122. The molecule has 0 saturated heterocycles. The van der Waals surface area contributed by atoms with Gasteiger partial charge in [0.2, 0.25) is 0 Å². The van der Waals surface area contributed by atoms with E-state index < -0.39 is 0 Å². The molecule has 0 bridgehead atoms. The van der Waals surface area contributed by atoms with E-state index in [1.165, 1.54) is 0 Å². The van der Waals surface area contributed by atoms with Gasteiger partial charge < -0.3 is 31.5 Å². The van der Waals surface area contributed by atoms with Crippen LogP contribution in [0.2, 0.25) is 0 Å². The van der Waals surface area contributed by atoms with E-state index in [1.54, 1.807) is 37.6 Å². The number of ether oxygens (including phenoxy) is 1. The van der Waals surface area contributed by atoms with E-state index in [0.29, 0.717) is 35.5 Å². The number of amides is 1. The lowest BCUT2D eigenvalue weighted by Crippen LogP contribution is -2.11. The van der Waals surface area contributed by atoms with Crippen molar-refractivity contribution in [1.82, 2.24) is 0 Å². The second-order valence-corrected chi connectivity index (χ2v) is 7.16. The Morgan fingerprint density at radius 1 is 0.969 bits per heavy atom. The molecule has 0 unspecified atom stereocenters. The van der Waals surface area contributed by atoms with Gasteiger partial charge in [0, 0.05) is 46.8 Å². The van der Waals surface area contributed by atoms with E-state index in [-0.39, 0.29) is 12.5 Å². The van der Waals surface area contributed by atoms with Gasteiger partial charge in [-0.05, 0) is 73.5 Å². The average Bonchev–Trinajstić information content (AvgIpc) is 2.83. The van der Waals surface area contributed by atoms with Crippen molar-refractivity contribution < 1.29 is 14.6 Å². The van der Waals surface area contributed by atoms with Crippen LogP contribution in [0.1, 0.15) is 23.2 Å². The minimum Gasteiger partial charge on any atom is -0.497 e. The molecule has 1 amide bonds. The molecule has 0 aliphatic heterocycles. The number of methoxy groups -OCH3 is 1. The highest BCUT2D eigenvalue weighted by Gasteiger charge is 2.07. The predicted molar refractivity (Wildman–Crippen MR) is 129 cm³/mol. The lowest BCUT2D eigenvalue weighted by molar-refractivity contribution is 0.102. The molecule has 0 radical (unpaired) electrons. The molecule has 0 saturated carbocycles. The number of aliphatic hydroxyl groups excluding tert-OH is 1. The summed E-state index contributed by atoms with van der Waals surface area (Å²) < 4.78 is 5.17. The Morgan fingerprint density at radius 3 is 2.44 bits per heavy atom. The number of nitrogens with two attached hydrogens (primary N) is 1. The highest BCUT2D eigenvalue weighted by atomic mass is 16.5. The van der Waals surface area contributed by atoms with Crippen molar-refractivity contribution in [1.29, 1.82) is 0 Å². The van der Waals surface area contributed by atoms with Gasteiger partial charge in [-0.2, -0.15) is 0 Å². The van der Waals surface area contributed by atoms with Gasteiger partial charge in [0.05, 0.1) is 7.11 Å². The lowest BCUT2D eigenvalue weighted by Gasteiger charge is -2.11. The summed E-state index contributed by atoms with van der Waals surface area (Å²) in [4.78, 5) is 12.4. The molecule has 0 fully saturated rings. The summed E-state index contributed by atoms with van der Waals surface area (Å²) in [7, 11) is 1.57. The topological polar surface area (TPSA) is 109 Å². The molecular formula is C25H28N4O3. The fraction of sp³-hybridized carbons (Fsp3) is 0.160. The van der Waals surface area contributed by atoms with Crippen molar-refractivity contribution in [2.45, 2.75) is 12.8 Å². The Hall–Kier alpha value is -3.97. The summed E-state index contributed by atoms with van der Waals surface area (Å²) in [6, 6.07) is 22.3. The van der Waals surface area contributed by atoms with Gasteiger partial charge in [-0.1, -0.05) is 12.1 Å². The largest absolute Gasteiger partial charge is 0.497 e. The van der Waals surface area contributed by atoms with Gasteiger partial charge in [0.1, 0.15) is 5.75 Å². The third kappa shape index (κ3) is 6.78. The van der Waals surface area contributed by atoms with Gasteiger partial charge in [-0.15, -0.1) is 0 Å². The van der Waals surface area contributed by atoms with E-state index in [2.05, 4.69) is 16.0 Å². The van der Waals surface area contributed by atoms with E-state index in [9.17, 15) is 4.79 Å². The number of allylic oxidation sites excluding steroid dienone is 1. The Balaban J connectivity index is 1.59. The highest BCUT2D eigenvalue weighted by Crippen LogP contribution is 2.22. The number of aliphatic hydroxyl groups is 1. The number of carbonyl (C=O) groups excluding carboxylic acids is 1. The van der Waals surface area contributed by atoms with Crippen LogP contribution in [-0.4, -0.2) is 24.7 Å². The molecule has 0 aliphatic carbocycles. The molecule has 3 rings (SSSR count). The first-order valence-corrected chi connectivity index (χ1v) is 10.3. The SMILES string of the molecule is COc1cccc(C(=O)Nc2ccc(Nc3cccc(N/C=C(\N)CCCO)c3)cc2)c1. The highest BCUT2D eigenvalue weighted by molar-refractivity contribution is 6.04. The number of hydrogen-bond acceptors (Lipinski definition) is 6. The number of benzene rings is 3. The number of hydrogen-bond donors (Lipinski definition) is 5. The smallest absolute Gasteiger partial charge is 0.255 e. The number of anilines is 4. The zero-order valence-corrected chi connectivity index (χ0v) is 18.0. The van der Waals surface area contributed by atoms with Gasteiger partial charge in [-0.25, -0.2) is 0 Å². The summed E-state index contributed by atoms with van der Waals surface area (Å²) in [6.07, 6.45) is 3.03. The number of carbonyl (C=O) groups is 1. The normalized spacial score (nSPS) is 11.0. The quantitative estimate of drug-likeness (QED) is 0.318. The zero-order valence-electron chi connectivity index (χ0n) is 18.0. The fourth-order valence-corrected chi connectivity index (χ4v) is 2.99. The molecule has 0 aliphatic rings. The van der Waals surface area contributed by atoms with Crippen LogP contribution in [0.3, 0.4) is 0 Å². The molecule has 0 atom stereocenters. The summed E-state index contributed by atoms with van der Waals surface area (Å²) in [5.41, 5.74) is 10.5. The van der Waals surface area contributed by atoms with Gasteiger partial charge in [0.25, 0.3) is 5.91 Å². The minimum absolute atomic E-state index is 0.122. The van der Waals surface area contributed by atoms with E-state index in [4.69, 9.17) is 15.6 Å². The maximum atomic E-state index is 12.4. The Morgan fingerprint density at radius 2 is 1.69 bits per heavy atom. The van der Waals surface area contributed by atoms with E-state index in [1.807, 2.05) is 48.5 Å². The zero-order chi connectivity index (χ0) is 22.8. The number of rotatable bonds is 10. The summed E-state index contributed by atoms with van der Waals surface area (Å²) >= 11 is 0. The summed E-state index contributed by atoms with van der Waals surface area (Å²) in [5.74, 6) is 0.437. The van der Waals surface area contributed by atoms with Crippen LogP contribution >= 0.6 is 0 Å². The Kier molecular flexibility index (Phi) is 8.11. The first kappa shape index (κ1) is 22.7. The molecule has 0 heterocycles. The van der Waals surface area contributed by atoms with E-state index in [0.717, 1.165) is 17.1 Å². The second-order valence-electron chi connectivity index (χ2n) is 7.16. The maximum absolute atomic E-state index is 12.4. The van der Waals surface area contributed by atoms with Crippen molar-refractivity contribution in [3.05, 3.63) is 90.3 Å². The fourth-order valence-electron chi connectivity index (χ4n) is 2.99. The third-order valence-electron chi connectivity index (χ3n) is 4.67. The van der Waals surface area contributed by atoms with E-state index >= 15 is 0 Å². The number of nitrogens with one attached hydrogen (secondary N) is 3. The lowest BCUT2D eigenvalue weighted by atomic mass is 10.2. The molecular weight excluding hydrogens is 404 g/mol. The van der Waals surface area contributed by atoms with Gasteiger partial charge in [-0.3, -0.25) is 4.79 Å². The monoisotopic (exact) mass is 432 g/mol. The molecule has 166 valence electrons.